The van der Waals surface area contributed by atoms with Gasteiger partial charge in [0.1, 0.15) is 16.9 Å². The molecule has 1 saturated heterocycles. The molecule has 8 heteroatoms. The lowest BCUT2D eigenvalue weighted by Crippen LogP contribution is -2.53. The molecule has 0 amide bonds. The minimum absolute atomic E-state index is 0.236. The number of benzene rings is 1. The van der Waals surface area contributed by atoms with Crippen LogP contribution >= 0.6 is 23.2 Å². The Kier molecular flexibility index (Phi) is 6.57. The molecular weight excluding hydrogens is 487 g/mol. The van der Waals surface area contributed by atoms with Crippen molar-refractivity contribution in [2.24, 2.45) is 5.41 Å². The Hall–Kier alpha value is -1.44. The highest BCUT2D eigenvalue weighted by Gasteiger charge is 2.47. The van der Waals surface area contributed by atoms with Crippen molar-refractivity contribution in [3.05, 3.63) is 52.9 Å². The van der Waals surface area contributed by atoms with Crippen LogP contribution in [0.2, 0.25) is 10.0 Å². The largest absolute Gasteiger partial charge is 0.598 e. The van der Waals surface area contributed by atoms with Crippen LogP contribution in [0.3, 0.4) is 0 Å². The molecule has 0 bridgehead atoms. The highest BCUT2D eigenvalue weighted by molar-refractivity contribution is 7.90. The van der Waals surface area contributed by atoms with E-state index >= 15 is 0 Å². The third-order valence-electron chi connectivity index (χ3n) is 7.60. The van der Waals surface area contributed by atoms with Crippen LogP contribution in [0.4, 0.5) is 5.82 Å². The van der Waals surface area contributed by atoms with Gasteiger partial charge in [-0.05, 0) is 70.1 Å². The summed E-state index contributed by atoms with van der Waals surface area (Å²) in [6.45, 7) is 8.07. The molecule has 1 aliphatic heterocycles. The summed E-state index contributed by atoms with van der Waals surface area (Å²) < 4.78 is 18.2. The summed E-state index contributed by atoms with van der Waals surface area (Å²) in [6, 6.07) is 10.3. The summed E-state index contributed by atoms with van der Waals surface area (Å²) in [5.74, 6) is 1.14. The number of halogens is 2. The second kappa shape index (κ2) is 9.21. The number of nitrogens with one attached hydrogen (secondary N) is 1. The number of nitrogens with zero attached hydrogens (tertiary/aromatic N) is 3. The topological polar surface area (TPSA) is 55.6 Å². The van der Waals surface area contributed by atoms with Gasteiger partial charge in [0.05, 0.1) is 27.8 Å². The van der Waals surface area contributed by atoms with Crippen molar-refractivity contribution in [3.63, 3.8) is 0 Å². The van der Waals surface area contributed by atoms with Gasteiger partial charge in [-0.2, -0.15) is 0 Å². The minimum atomic E-state index is -1.03. The Morgan fingerprint density at radius 1 is 1.09 bits per heavy atom. The van der Waals surface area contributed by atoms with E-state index in [1.54, 1.807) is 6.07 Å². The van der Waals surface area contributed by atoms with E-state index in [0.717, 1.165) is 54.8 Å². The molecule has 0 radical (unpaired) electrons. The number of hydrogen-bond donors (Lipinski definition) is 1. The number of pyridine rings is 1. The first-order valence-corrected chi connectivity index (χ1v) is 13.9. The van der Waals surface area contributed by atoms with E-state index in [4.69, 9.17) is 23.2 Å². The third kappa shape index (κ3) is 4.33. The molecular formula is C26H32Cl2N4OS. The average Bonchev–Trinajstić information content (AvgIpc) is 3.43. The highest BCUT2D eigenvalue weighted by atomic mass is 35.5. The molecule has 1 N–H and O–H groups in total. The van der Waals surface area contributed by atoms with Gasteiger partial charge in [-0.1, -0.05) is 41.8 Å². The first kappa shape index (κ1) is 24.3. The fraction of sp³-hybridized carbons (Fsp3) is 0.500. The van der Waals surface area contributed by atoms with Gasteiger partial charge in [0, 0.05) is 35.6 Å². The van der Waals surface area contributed by atoms with Gasteiger partial charge in [0.25, 0.3) is 0 Å². The standard InChI is InChI=1S/C26H32Cl2N4OS/c1-25(2,3)34(33)30-22-8-5-11-26(22)12-14-31(15-13-26)23-10-9-18(21-16-29-17-32(21)23)19-6-4-7-20(27)24(19)28/h4,6-7,9-10,16-17,22,30H,5,8,11-15H2,1-3H3/t22-,34?/m1/s1. The number of hydrogen-bond acceptors (Lipinski definition) is 4. The number of piperidine rings is 1. The Balaban J connectivity index is 1.38. The monoisotopic (exact) mass is 518 g/mol. The second-order valence-corrected chi connectivity index (χ2v) is 13.4. The van der Waals surface area contributed by atoms with E-state index in [9.17, 15) is 4.55 Å². The SMILES string of the molecule is CC(C)(C)[S+]([O-])N[C@@H]1CCCC12CCN(c1ccc(-c3cccc(Cl)c3Cl)c3cncn13)CC2. The van der Waals surface area contributed by atoms with Crippen LogP contribution in [-0.2, 0) is 11.4 Å². The Morgan fingerprint density at radius 3 is 2.59 bits per heavy atom. The van der Waals surface area contributed by atoms with Crippen LogP contribution in [0.5, 0.6) is 0 Å². The van der Waals surface area contributed by atoms with Gasteiger partial charge in [0.15, 0.2) is 0 Å². The van der Waals surface area contributed by atoms with E-state index in [-0.39, 0.29) is 10.2 Å². The summed E-state index contributed by atoms with van der Waals surface area (Å²) in [5, 5.41) is 1.11. The molecule has 1 aromatic carbocycles. The number of aromatic nitrogens is 2. The first-order chi connectivity index (χ1) is 16.2. The second-order valence-electron chi connectivity index (χ2n) is 10.6. The van der Waals surface area contributed by atoms with Crippen LogP contribution in [0.1, 0.15) is 52.9 Å². The van der Waals surface area contributed by atoms with Gasteiger partial charge in [0.2, 0.25) is 0 Å². The predicted molar refractivity (Wildman–Crippen MR) is 143 cm³/mol. The number of rotatable bonds is 4. The van der Waals surface area contributed by atoms with Crippen molar-refractivity contribution in [3.8, 4) is 11.1 Å². The van der Waals surface area contributed by atoms with Gasteiger partial charge in [-0.15, -0.1) is 4.72 Å². The molecule has 2 fully saturated rings. The van der Waals surface area contributed by atoms with Crippen molar-refractivity contribution in [2.75, 3.05) is 18.0 Å². The van der Waals surface area contributed by atoms with Crippen LogP contribution in [0.15, 0.2) is 42.9 Å². The molecule has 2 atom stereocenters. The maximum Gasteiger partial charge on any atom is 0.136 e. The van der Waals surface area contributed by atoms with E-state index < -0.39 is 11.4 Å². The molecule has 1 spiro atoms. The van der Waals surface area contributed by atoms with Crippen LogP contribution in [-0.4, -0.2) is 37.8 Å². The normalized spacial score (nSPS) is 21.5. The van der Waals surface area contributed by atoms with Gasteiger partial charge in [-0.25, -0.2) is 4.98 Å². The minimum Gasteiger partial charge on any atom is -0.598 e. The fourth-order valence-corrected chi connectivity index (χ4v) is 6.99. The first-order valence-electron chi connectivity index (χ1n) is 12.0. The number of imidazole rings is 1. The summed E-state index contributed by atoms with van der Waals surface area (Å²) in [5.41, 5.74) is 3.19. The maximum atomic E-state index is 12.8. The van der Waals surface area contributed by atoms with Crippen molar-refractivity contribution in [2.45, 2.75) is 63.7 Å². The molecule has 182 valence electrons. The molecule has 34 heavy (non-hydrogen) atoms. The van der Waals surface area contributed by atoms with E-state index in [1.165, 1.54) is 12.8 Å². The van der Waals surface area contributed by atoms with Crippen molar-refractivity contribution in [1.29, 1.82) is 0 Å². The lowest BCUT2D eigenvalue weighted by molar-refractivity contribution is 0.186. The molecule has 5 rings (SSSR count). The van der Waals surface area contributed by atoms with Crippen LogP contribution < -0.4 is 9.62 Å². The average molecular weight is 520 g/mol. The predicted octanol–water partition coefficient (Wildman–Crippen LogP) is 6.50. The zero-order valence-electron chi connectivity index (χ0n) is 20.0. The van der Waals surface area contributed by atoms with Crippen LogP contribution in [0.25, 0.3) is 16.6 Å². The molecule has 2 aliphatic rings. The molecule has 3 aromatic rings. The Morgan fingerprint density at radius 2 is 1.85 bits per heavy atom. The molecule has 3 heterocycles. The summed E-state index contributed by atoms with van der Waals surface area (Å²) in [4.78, 5) is 6.91. The van der Waals surface area contributed by atoms with E-state index in [0.29, 0.717) is 16.1 Å². The highest BCUT2D eigenvalue weighted by Crippen LogP contribution is 2.48. The molecule has 2 aromatic heterocycles. The van der Waals surface area contributed by atoms with E-state index in [2.05, 4.69) is 31.1 Å². The summed E-state index contributed by atoms with van der Waals surface area (Å²) in [7, 11) is 0. The fourth-order valence-electron chi connectivity index (χ4n) is 5.61. The van der Waals surface area contributed by atoms with Crippen LogP contribution in [0, 0.1) is 5.41 Å². The number of anilines is 1. The van der Waals surface area contributed by atoms with E-state index in [1.807, 2.05) is 45.4 Å². The maximum absolute atomic E-state index is 12.8. The summed E-state index contributed by atoms with van der Waals surface area (Å²) in [6.07, 6.45) is 9.51. The van der Waals surface area contributed by atoms with Gasteiger partial charge in [-0.3, -0.25) is 4.40 Å². The molecule has 1 aliphatic carbocycles. The smallest absolute Gasteiger partial charge is 0.136 e. The zero-order chi connectivity index (χ0) is 24.1. The van der Waals surface area contributed by atoms with Crippen molar-refractivity contribution >= 4 is 45.9 Å². The Bertz CT molecular complexity index is 1180. The molecule has 5 nitrogen and oxygen atoms in total. The molecule has 1 unspecified atom stereocenters. The lowest BCUT2D eigenvalue weighted by atomic mass is 9.74. The number of fused-ring (bicyclic) bond motifs is 1. The zero-order valence-corrected chi connectivity index (χ0v) is 22.3. The summed E-state index contributed by atoms with van der Waals surface area (Å²) >= 11 is 11.8. The van der Waals surface area contributed by atoms with Crippen molar-refractivity contribution < 1.29 is 4.55 Å². The molecule has 1 saturated carbocycles. The lowest BCUT2D eigenvalue weighted by Gasteiger charge is -2.44. The Labute approximate surface area is 215 Å². The quantitative estimate of drug-likeness (QED) is 0.400. The van der Waals surface area contributed by atoms with Crippen molar-refractivity contribution in [1.82, 2.24) is 14.1 Å². The van der Waals surface area contributed by atoms with Gasteiger partial charge >= 0.3 is 0 Å². The van der Waals surface area contributed by atoms with Gasteiger partial charge < -0.3 is 9.45 Å². The third-order valence-corrected chi connectivity index (χ3v) is 10.0.